The predicted octanol–water partition coefficient (Wildman–Crippen LogP) is 0.479. The van der Waals surface area contributed by atoms with Gasteiger partial charge in [0.25, 0.3) is 0 Å². The molecule has 0 rings (SSSR count). The zero-order chi connectivity index (χ0) is 14.0. The number of rotatable bonds is 11. The number of nitrogens with one attached hydrogen (secondary N) is 2. The summed E-state index contributed by atoms with van der Waals surface area (Å²) in [6, 6.07) is 0.466. The second-order valence-corrected chi connectivity index (χ2v) is 5.16. The third-order valence-electron chi connectivity index (χ3n) is 2.82. The van der Waals surface area contributed by atoms with Crippen molar-refractivity contribution >= 4 is 6.72 Å². The largest absolute Gasteiger partial charge is 0.379 e. The Labute approximate surface area is 111 Å². The molecule has 0 spiro atoms. The summed E-state index contributed by atoms with van der Waals surface area (Å²) >= 11 is 0. The van der Waals surface area contributed by atoms with Gasteiger partial charge in [-0.15, -0.1) is 0 Å². The van der Waals surface area contributed by atoms with Crippen molar-refractivity contribution in [3.05, 3.63) is 0 Å². The van der Waals surface area contributed by atoms with E-state index < -0.39 is 6.23 Å². The van der Waals surface area contributed by atoms with E-state index in [1.165, 1.54) is 0 Å². The van der Waals surface area contributed by atoms with E-state index in [0.717, 1.165) is 25.8 Å². The van der Waals surface area contributed by atoms with Crippen molar-refractivity contribution in [2.45, 2.75) is 64.4 Å². The highest BCUT2D eigenvalue weighted by molar-refractivity contribution is 5.23. The zero-order valence-electron chi connectivity index (χ0n) is 12.0. The number of aliphatic hydroxyl groups is 1. The third kappa shape index (κ3) is 9.53. The van der Waals surface area contributed by atoms with Crippen molar-refractivity contribution in [3.63, 3.8) is 0 Å². The maximum absolute atomic E-state index is 9.85. The Morgan fingerprint density at radius 1 is 1.28 bits per heavy atom. The standard InChI is InChI=1S/C13H30N4O/c1-10(2)16-8-6-5-7-13(18)17-12(9-15-4)11(3)14/h10-13,16-18H,4-9,14H2,1-3H3. The Balaban J connectivity index is 3.67. The molecule has 0 saturated carbocycles. The minimum Gasteiger partial charge on any atom is -0.379 e. The minimum atomic E-state index is -0.512. The number of aliphatic imine (C=N–C) groups is 1. The van der Waals surface area contributed by atoms with Crippen molar-refractivity contribution in [2.75, 3.05) is 13.1 Å². The van der Waals surface area contributed by atoms with E-state index in [1.54, 1.807) is 0 Å². The molecule has 0 amide bonds. The molecule has 3 unspecified atom stereocenters. The van der Waals surface area contributed by atoms with Crippen LogP contribution in [0.1, 0.15) is 40.0 Å². The summed E-state index contributed by atoms with van der Waals surface area (Å²) in [5.41, 5.74) is 5.81. The second kappa shape index (κ2) is 10.4. The number of unbranched alkanes of at least 4 members (excludes halogenated alkanes) is 1. The van der Waals surface area contributed by atoms with Gasteiger partial charge in [-0.1, -0.05) is 13.8 Å². The molecule has 0 aliphatic heterocycles. The molecular weight excluding hydrogens is 228 g/mol. The molecule has 108 valence electrons. The van der Waals surface area contributed by atoms with Crippen LogP contribution in [0.5, 0.6) is 0 Å². The first-order valence-electron chi connectivity index (χ1n) is 6.83. The van der Waals surface area contributed by atoms with Crippen LogP contribution in [0, 0.1) is 0 Å². The number of hydrogen-bond acceptors (Lipinski definition) is 5. The van der Waals surface area contributed by atoms with Crippen LogP contribution < -0.4 is 16.4 Å². The zero-order valence-corrected chi connectivity index (χ0v) is 12.0. The Morgan fingerprint density at radius 2 is 1.94 bits per heavy atom. The van der Waals surface area contributed by atoms with Crippen LogP contribution in [0.15, 0.2) is 4.99 Å². The lowest BCUT2D eigenvalue weighted by molar-refractivity contribution is 0.107. The van der Waals surface area contributed by atoms with Gasteiger partial charge >= 0.3 is 0 Å². The third-order valence-corrected chi connectivity index (χ3v) is 2.82. The van der Waals surface area contributed by atoms with E-state index in [-0.39, 0.29) is 12.1 Å². The Hall–Kier alpha value is -0.490. The Kier molecular flexibility index (Phi) is 10.2. The van der Waals surface area contributed by atoms with E-state index >= 15 is 0 Å². The van der Waals surface area contributed by atoms with Gasteiger partial charge in [0.05, 0.1) is 6.54 Å². The maximum Gasteiger partial charge on any atom is 0.105 e. The van der Waals surface area contributed by atoms with Crippen LogP contribution in [-0.4, -0.2) is 49.3 Å². The fourth-order valence-electron chi connectivity index (χ4n) is 1.69. The molecule has 0 bridgehead atoms. The van der Waals surface area contributed by atoms with E-state index in [0.29, 0.717) is 12.6 Å². The minimum absolute atomic E-state index is 0.00807. The molecule has 5 N–H and O–H groups in total. The van der Waals surface area contributed by atoms with Gasteiger partial charge in [-0.3, -0.25) is 10.3 Å². The molecule has 0 saturated heterocycles. The first kappa shape index (κ1) is 17.5. The van der Waals surface area contributed by atoms with Crippen LogP contribution in [0.3, 0.4) is 0 Å². The summed E-state index contributed by atoms with van der Waals surface area (Å²) < 4.78 is 0. The summed E-state index contributed by atoms with van der Waals surface area (Å²) in [5, 5.41) is 16.3. The molecule has 0 heterocycles. The SMILES string of the molecule is C=NCC(NC(O)CCCCNC(C)C)C(C)N. The predicted molar refractivity (Wildman–Crippen MR) is 78.0 cm³/mol. The molecule has 0 fully saturated rings. The summed E-state index contributed by atoms with van der Waals surface area (Å²) in [4.78, 5) is 3.83. The summed E-state index contributed by atoms with van der Waals surface area (Å²) in [6.45, 7) is 11.2. The topological polar surface area (TPSA) is 82.7 Å². The fourth-order valence-corrected chi connectivity index (χ4v) is 1.69. The van der Waals surface area contributed by atoms with Crippen molar-refractivity contribution in [3.8, 4) is 0 Å². The summed E-state index contributed by atoms with van der Waals surface area (Å²) in [7, 11) is 0. The Morgan fingerprint density at radius 3 is 2.44 bits per heavy atom. The van der Waals surface area contributed by atoms with Crippen molar-refractivity contribution in [2.24, 2.45) is 10.7 Å². The van der Waals surface area contributed by atoms with Gasteiger partial charge in [-0.05, 0) is 39.4 Å². The van der Waals surface area contributed by atoms with E-state index in [4.69, 9.17) is 5.73 Å². The van der Waals surface area contributed by atoms with Crippen LogP contribution in [0.25, 0.3) is 0 Å². The average molecular weight is 258 g/mol. The van der Waals surface area contributed by atoms with Crippen molar-refractivity contribution in [1.82, 2.24) is 10.6 Å². The highest BCUT2D eigenvalue weighted by Gasteiger charge is 2.15. The molecule has 18 heavy (non-hydrogen) atoms. The summed E-state index contributed by atoms with van der Waals surface area (Å²) in [6.07, 6.45) is 2.28. The lowest BCUT2D eigenvalue weighted by Crippen LogP contribution is -2.49. The molecule has 5 heteroatoms. The molecular formula is C13H30N4O. The van der Waals surface area contributed by atoms with E-state index in [1.807, 2.05) is 6.92 Å². The van der Waals surface area contributed by atoms with Crippen LogP contribution in [0.2, 0.25) is 0 Å². The van der Waals surface area contributed by atoms with Crippen molar-refractivity contribution < 1.29 is 5.11 Å². The number of hydrogen-bond donors (Lipinski definition) is 4. The molecule has 0 radical (unpaired) electrons. The number of nitrogens with two attached hydrogens (primary N) is 1. The van der Waals surface area contributed by atoms with E-state index in [9.17, 15) is 5.11 Å². The lowest BCUT2D eigenvalue weighted by atomic mass is 10.1. The molecule has 0 aromatic heterocycles. The number of nitrogens with zero attached hydrogens (tertiary/aromatic N) is 1. The van der Waals surface area contributed by atoms with Gasteiger partial charge in [-0.2, -0.15) is 0 Å². The van der Waals surface area contributed by atoms with Crippen molar-refractivity contribution in [1.29, 1.82) is 0 Å². The molecule has 0 aliphatic carbocycles. The molecule has 3 atom stereocenters. The van der Waals surface area contributed by atoms with Crippen LogP contribution >= 0.6 is 0 Å². The first-order chi connectivity index (χ1) is 8.47. The smallest absolute Gasteiger partial charge is 0.105 e. The quantitative estimate of drug-likeness (QED) is 0.247. The number of aliphatic hydroxyl groups excluding tert-OH is 1. The fraction of sp³-hybridized carbons (Fsp3) is 0.923. The van der Waals surface area contributed by atoms with Gasteiger partial charge in [-0.25, -0.2) is 0 Å². The maximum atomic E-state index is 9.85. The van der Waals surface area contributed by atoms with Gasteiger partial charge in [0, 0.05) is 18.1 Å². The van der Waals surface area contributed by atoms with Gasteiger partial charge in [0.2, 0.25) is 0 Å². The molecule has 5 nitrogen and oxygen atoms in total. The summed E-state index contributed by atoms with van der Waals surface area (Å²) in [5.74, 6) is 0. The van der Waals surface area contributed by atoms with Gasteiger partial charge in [0.1, 0.15) is 6.23 Å². The highest BCUT2D eigenvalue weighted by atomic mass is 16.3. The molecule has 0 aromatic rings. The normalized spacial score (nSPS) is 16.6. The van der Waals surface area contributed by atoms with Crippen LogP contribution in [0.4, 0.5) is 0 Å². The van der Waals surface area contributed by atoms with E-state index in [2.05, 4.69) is 36.2 Å². The highest BCUT2D eigenvalue weighted by Crippen LogP contribution is 2.01. The molecule has 0 aromatic carbocycles. The Bertz CT molecular complexity index is 209. The van der Waals surface area contributed by atoms with Crippen LogP contribution in [-0.2, 0) is 0 Å². The van der Waals surface area contributed by atoms with Gasteiger partial charge in [0.15, 0.2) is 0 Å². The first-order valence-corrected chi connectivity index (χ1v) is 6.83. The second-order valence-electron chi connectivity index (χ2n) is 5.16. The molecule has 0 aliphatic rings. The average Bonchev–Trinajstić information content (AvgIpc) is 2.27. The monoisotopic (exact) mass is 258 g/mol. The van der Waals surface area contributed by atoms with Gasteiger partial charge < -0.3 is 16.2 Å². The lowest BCUT2D eigenvalue weighted by Gasteiger charge is -2.24.